The zero-order valence-electron chi connectivity index (χ0n) is 23.4. The van der Waals surface area contributed by atoms with Gasteiger partial charge in [-0.3, -0.25) is 9.59 Å². The summed E-state index contributed by atoms with van der Waals surface area (Å²) in [6.45, 7) is 5.36. The number of benzene rings is 1. The first-order valence-corrected chi connectivity index (χ1v) is 13.5. The summed E-state index contributed by atoms with van der Waals surface area (Å²) < 4.78 is 17.3. The number of likely N-dealkylation sites (N-methyl/N-ethyl adjacent to an activating group) is 1. The minimum atomic E-state index is -1.90. The molecule has 0 unspecified atom stereocenters. The van der Waals surface area contributed by atoms with Crippen molar-refractivity contribution in [3.8, 4) is 17.1 Å². The predicted molar refractivity (Wildman–Crippen MR) is 147 cm³/mol. The van der Waals surface area contributed by atoms with Crippen molar-refractivity contribution in [2.24, 2.45) is 5.73 Å². The molecule has 12 heteroatoms. The van der Waals surface area contributed by atoms with Gasteiger partial charge in [0.2, 0.25) is 0 Å². The zero-order valence-corrected chi connectivity index (χ0v) is 23.4. The molecule has 5 rings (SSSR count). The van der Waals surface area contributed by atoms with Gasteiger partial charge in [-0.2, -0.15) is 0 Å². The molecule has 0 aliphatic carbocycles. The SMILES string of the molecule is CCc1c2c(nc3ccc(OC(=O)N(C)CCOC(=O)[C@H](C)N)cc13)-c1cc3c(c(=O)n1C2)COC(=O)[C@]3(O)CC. The summed E-state index contributed by atoms with van der Waals surface area (Å²) in [5.74, 6) is -1.01. The maximum Gasteiger partial charge on any atom is 0.415 e. The van der Waals surface area contributed by atoms with Crippen molar-refractivity contribution in [2.75, 3.05) is 20.2 Å². The van der Waals surface area contributed by atoms with E-state index in [0.717, 1.165) is 16.5 Å². The molecule has 2 aliphatic heterocycles. The molecular weight excluding hydrogens is 532 g/mol. The highest BCUT2D eigenvalue weighted by Gasteiger charge is 2.45. The monoisotopic (exact) mass is 564 g/mol. The van der Waals surface area contributed by atoms with Crippen LogP contribution in [-0.4, -0.2) is 63.8 Å². The lowest BCUT2D eigenvalue weighted by Gasteiger charge is -2.31. The van der Waals surface area contributed by atoms with E-state index in [1.54, 1.807) is 35.8 Å². The molecule has 216 valence electrons. The third-order valence-electron chi connectivity index (χ3n) is 7.69. The number of rotatable bonds is 7. The third-order valence-corrected chi connectivity index (χ3v) is 7.69. The lowest BCUT2D eigenvalue weighted by Crippen LogP contribution is -2.44. The molecular formula is C29H32N4O8. The second kappa shape index (κ2) is 10.6. The van der Waals surface area contributed by atoms with Gasteiger partial charge in [0.25, 0.3) is 5.56 Å². The van der Waals surface area contributed by atoms with Crippen LogP contribution in [0.3, 0.4) is 0 Å². The molecule has 2 atom stereocenters. The summed E-state index contributed by atoms with van der Waals surface area (Å²) in [7, 11) is 1.53. The first kappa shape index (κ1) is 28.2. The van der Waals surface area contributed by atoms with Gasteiger partial charge < -0.3 is 34.5 Å². The van der Waals surface area contributed by atoms with Crippen molar-refractivity contribution in [1.29, 1.82) is 0 Å². The largest absolute Gasteiger partial charge is 0.463 e. The first-order chi connectivity index (χ1) is 19.5. The van der Waals surface area contributed by atoms with Crippen molar-refractivity contribution in [1.82, 2.24) is 14.5 Å². The van der Waals surface area contributed by atoms with Gasteiger partial charge in [-0.25, -0.2) is 14.6 Å². The van der Waals surface area contributed by atoms with E-state index in [9.17, 15) is 24.3 Å². The Balaban J connectivity index is 1.46. The number of pyridine rings is 2. The Morgan fingerprint density at radius 3 is 2.68 bits per heavy atom. The molecule has 3 aromatic rings. The molecule has 1 aromatic carbocycles. The fourth-order valence-electron chi connectivity index (χ4n) is 5.29. The van der Waals surface area contributed by atoms with Gasteiger partial charge in [-0.15, -0.1) is 0 Å². The van der Waals surface area contributed by atoms with Crippen LogP contribution in [0.2, 0.25) is 0 Å². The van der Waals surface area contributed by atoms with Crippen LogP contribution >= 0.6 is 0 Å². The second-order valence-corrected chi connectivity index (χ2v) is 10.3. The first-order valence-electron chi connectivity index (χ1n) is 13.5. The van der Waals surface area contributed by atoms with Gasteiger partial charge in [0.05, 0.1) is 35.6 Å². The number of esters is 2. The third kappa shape index (κ3) is 4.72. The fraction of sp³-hybridized carbons (Fsp3) is 0.414. The number of aliphatic hydroxyl groups is 1. The average Bonchev–Trinajstić information content (AvgIpc) is 3.32. The minimum absolute atomic E-state index is 0.0148. The quantitative estimate of drug-likeness (QED) is 0.317. The number of ether oxygens (including phenoxy) is 3. The number of nitrogens with two attached hydrogens (primary N) is 1. The van der Waals surface area contributed by atoms with E-state index in [2.05, 4.69) is 0 Å². The number of hydrogen-bond acceptors (Lipinski definition) is 10. The standard InChI is InChI=1S/C29H32N4O8/c1-5-17-18-11-16(41-28(37)32(4)9-10-39-26(35)15(3)30)7-8-22(18)31-24-19(17)13-33-23(24)12-21-20(25(33)34)14-40-27(36)29(21,38)6-2/h7-8,11-12,15,38H,5-6,9-10,13-14,30H2,1-4H3/t15-,29-/m0/s1. The lowest BCUT2D eigenvalue weighted by atomic mass is 9.86. The van der Waals surface area contributed by atoms with Crippen molar-refractivity contribution < 1.29 is 33.7 Å². The summed E-state index contributed by atoms with van der Waals surface area (Å²) in [6, 6.07) is 6.04. The molecule has 12 nitrogen and oxygen atoms in total. The van der Waals surface area contributed by atoms with Gasteiger partial charge in [0, 0.05) is 23.6 Å². The Morgan fingerprint density at radius 1 is 1.24 bits per heavy atom. The Labute approximate surface area is 235 Å². The van der Waals surface area contributed by atoms with Crippen molar-refractivity contribution in [3.05, 3.63) is 56.9 Å². The summed E-state index contributed by atoms with van der Waals surface area (Å²) >= 11 is 0. The van der Waals surface area contributed by atoms with Gasteiger partial charge in [-0.05, 0) is 49.6 Å². The summed E-state index contributed by atoms with van der Waals surface area (Å²) in [6.07, 6.45) is 0.0550. The van der Waals surface area contributed by atoms with Crippen LogP contribution in [0.4, 0.5) is 4.79 Å². The summed E-state index contributed by atoms with van der Waals surface area (Å²) in [5, 5.41) is 11.9. The highest BCUT2D eigenvalue weighted by Crippen LogP contribution is 2.40. The van der Waals surface area contributed by atoms with E-state index in [1.165, 1.54) is 18.9 Å². The van der Waals surface area contributed by atoms with Crippen LogP contribution in [0.1, 0.15) is 49.4 Å². The van der Waals surface area contributed by atoms with Gasteiger partial charge in [0.15, 0.2) is 5.60 Å². The molecule has 41 heavy (non-hydrogen) atoms. The maximum atomic E-state index is 13.5. The number of aromatic nitrogens is 2. The lowest BCUT2D eigenvalue weighted by molar-refractivity contribution is -0.172. The molecule has 0 radical (unpaired) electrons. The molecule has 3 N–H and O–H groups in total. The number of aryl methyl sites for hydroxylation is 1. The molecule has 0 bridgehead atoms. The van der Waals surface area contributed by atoms with Crippen LogP contribution in [0.25, 0.3) is 22.3 Å². The number of carbonyl (C=O) groups is 3. The number of amides is 1. The fourth-order valence-corrected chi connectivity index (χ4v) is 5.29. The topological polar surface area (TPSA) is 163 Å². The molecule has 4 heterocycles. The van der Waals surface area contributed by atoms with Gasteiger partial charge >= 0.3 is 18.0 Å². The van der Waals surface area contributed by atoms with Gasteiger partial charge in [-0.1, -0.05) is 13.8 Å². The van der Waals surface area contributed by atoms with Crippen molar-refractivity contribution in [2.45, 2.75) is 58.4 Å². The van der Waals surface area contributed by atoms with Crippen LogP contribution in [0.5, 0.6) is 5.75 Å². The van der Waals surface area contributed by atoms with E-state index in [0.29, 0.717) is 29.1 Å². The molecule has 0 saturated heterocycles. The van der Waals surface area contributed by atoms with Crippen LogP contribution in [0, 0.1) is 0 Å². The zero-order chi connectivity index (χ0) is 29.6. The molecule has 1 amide bonds. The number of hydrogen-bond donors (Lipinski definition) is 2. The number of cyclic esters (lactones) is 1. The normalized spacial score (nSPS) is 17.8. The summed E-state index contributed by atoms with van der Waals surface area (Å²) in [4.78, 5) is 56.2. The Hall–Kier alpha value is -4.29. The number of carbonyl (C=O) groups excluding carboxylic acids is 3. The number of nitrogens with zero attached hydrogens (tertiary/aromatic N) is 3. The molecule has 2 aliphatic rings. The van der Waals surface area contributed by atoms with E-state index >= 15 is 0 Å². The maximum absolute atomic E-state index is 13.5. The highest BCUT2D eigenvalue weighted by molar-refractivity contribution is 5.90. The Kier molecular flexibility index (Phi) is 7.30. The highest BCUT2D eigenvalue weighted by atomic mass is 16.6. The van der Waals surface area contributed by atoms with E-state index < -0.39 is 29.7 Å². The van der Waals surface area contributed by atoms with Crippen molar-refractivity contribution >= 4 is 28.9 Å². The van der Waals surface area contributed by atoms with Crippen LogP contribution in [-0.2, 0) is 44.2 Å². The van der Waals surface area contributed by atoms with E-state index in [4.69, 9.17) is 24.9 Å². The summed E-state index contributed by atoms with van der Waals surface area (Å²) in [5.41, 5.74) is 7.34. The molecule has 0 saturated carbocycles. The van der Waals surface area contributed by atoms with Crippen LogP contribution in [0.15, 0.2) is 29.1 Å². The van der Waals surface area contributed by atoms with Crippen molar-refractivity contribution in [3.63, 3.8) is 0 Å². The van der Waals surface area contributed by atoms with E-state index in [-0.39, 0.29) is 49.4 Å². The Bertz CT molecular complexity index is 1650. The minimum Gasteiger partial charge on any atom is -0.463 e. The van der Waals surface area contributed by atoms with E-state index in [1.807, 2.05) is 6.92 Å². The smallest absolute Gasteiger partial charge is 0.415 e. The predicted octanol–water partition coefficient (Wildman–Crippen LogP) is 1.96. The second-order valence-electron chi connectivity index (χ2n) is 10.3. The average molecular weight is 565 g/mol. The van der Waals surface area contributed by atoms with Crippen LogP contribution < -0.4 is 16.0 Å². The molecule has 0 fully saturated rings. The number of fused-ring (bicyclic) bond motifs is 5. The molecule has 2 aromatic heterocycles. The van der Waals surface area contributed by atoms with Gasteiger partial charge in [0.1, 0.15) is 25.0 Å². The Morgan fingerprint density at radius 2 is 2.00 bits per heavy atom. The molecule has 0 spiro atoms.